The molecule has 0 atom stereocenters. The van der Waals surface area contributed by atoms with Gasteiger partial charge in [0.15, 0.2) is 4.84 Å². The Bertz CT molecular complexity index is 438. The van der Waals surface area contributed by atoms with Gasteiger partial charge in [-0.25, -0.2) is 4.98 Å². The van der Waals surface area contributed by atoms with Crippen LogP contribution in [0.2, 0.25) is 5.02 Å². The summed E-state index contributed by atoms with van der Waals surface area (Å²) in [4.78, 5) is 3.66. The highest BCUT2D eigenvalue weighted by atomic mass is 35.5. The summed E-state index contributed by atoms with van der Waals surface area (Å²) in [5, 5.41) is 1.32. The van der Waals surface area contributed by atoms with Gasteiger partial charge in [-0.1, -0.05) is 40.9 Å². The molecular formula is C8H4Cl3NS. The molecular weight excluding hydrogens is 249 g/mol. The fourth-order valence-electron chi connectivity index (χ4n) is 1.03. The Morgan fingerprint density at radius 1 is 1.31 bits per heavy atom. The van der Waals surface area contributed by atoms with E-state index in [1.807, 2.05) is 12.1 Å². The number of nitrogens with zero attached hydrogens (tertiary/aromatic N) is 1. The van der Waals surface area contributed by atoms with Crippen molar-refractivity contribution in [3.8, 4) is 0 Å². The van der Waals surface area contributed by atoms with Crippen molar-refractivity contribution in [1.82, 2.24) is 4.98 Å². The molecule has 1 heterocycles. The molecule has 0 saturated carbocycles. The van der Waals surface area contributed by atoms with Gasteiger partial charge in [-0.3, -0.25) is 0 Å². The minimum absolute atomic E-state index is 0.575. The van der Waals surface area contributed by atoms with Gasteiger partial charge < -0.3 is 0 Å². The van der Waals surface area contributed by atoms with E-state index in [2.05, 4.69) is 4.98 Å². The summed E-state index contributed by atoms with van der Waals surface area (Å²) in [5.74, 6) is 0. The molecule has 1 nitrogen and oxygen atoms in total. The smallest absolute Gasteiger partial charge is 0.159 e. The Labute approximate surface area is 94.2 Å². The molecule has 0 amide bonds. The monoisotopic (exact) mass is 251 g/mol. The Morgan fingerprint density at radius 2 is 2.08 bits per heavy atom. The van der Waals surface area contributed by atoms with E-state index in [1.165, 1.54) is 11.3 Å². The summed E-state index contributed by atoms with van der Waals surface area (Å²) in [7, 11) is 0. The van der Waals surface area contributed by atoms with Gasteiger partial charge in [0.05, 0.1) is 9.72 Å². The molecule has 0 aliphatic heterocycles. The average molecular weight is 253 g/mol. The van der Waals surface area contributed by atoms with Crippen molar-refractivity contribution in [2.45, 2.75) is 4.84 Å². The number of rotatable bonds is 1. The minimum Gasteiger partial charge on any atom is -0.237 e. The molecule has 2 rings (SSSR count). The van der Waals surface area contributed by atoms with E-state index in [0.29, 0.717) is 10.0 Å². The molecule has 0 bridgehead atoms. The van der Waals surface area contributed by atoms with Crippen molar-refractivity contribution in [3.05, 3.63) is 28.2 Å². The predicted molar refractivity (Wildman–Crippen MR) is 59.1 cm³/mol. The largest absolute Gasteiger partial charge is 0.237 e. The van der Waals surface area contributed by atoms with E-state index in [4.69, 9.17) is 34.8 Å². The van der Waals surface area contributed by atoms with E-state index in [0.717, 1.165) is 10.2 Å². The summed E-state index contributed by atoms with van der Waals surface area (Å²) in [5.41, 5.74) is 0.774. The number of alkyl halides is 2. The third-order valence-corrected chi connectivity index (χ3v) is 3.64. The second-order valence-corrected chi connectivity index (χ2v) is 5.01. The molecule has 1 aromatic carbocycles. The molecule has 0 N–H and O–H groups in total. The molecule has 0 radical (unpaired) electrons. The number of para-hydroxylation sites is 1. The van der Waals surface area contributed by atoms with Gasteiger partial charge in [-0.05, 0) is 12.1 Å². The Hall–Kier alpha value is -0.0200. The Kier molecular flexibility index (Phi) is 2.65. The zero-order valence-electron chi connectivity index (χ0n) is 6.30. The highest BCUT2D eigenvalue weighted by Crippen LogP contribution is 2.34. The number of hydrogen-bond donors (Lipinski definition) is 0. The first-order valence-corrected chi connectivity index (χ1v) is 5.58. The van der Waals surface area contributed by atoms with Crippen LogP contribution >= 0.6 is 46.1 Å². The lowest BCUT2D eigenvalue weighted by molar-refractivity contribution is 1.27. The standard InChI is InChI=1S/C8H4Cl3NS/c9-4-2-1-3-5-6(4)12-8(13-5)7(10)11/h1-3,7H. The number of halogens is 3. The van der Waals surface area contributed by atoms with Crippen LogP contribution in [0.4, 0.5) is 0 Å². The number of aromatic nitrogens is 1. The molecule has 0 saturated heterocycles. The first-order chi connectivity index (χ1) is 6.18. The average Bonchev–Trinajstić information content (AvgIpc) is 2.49. The maximum Gasteiger partial charge on any atom is 0.159 e. The van der Waals surface area contributed by atoms with Crippen LogP contribution < -0.4 is 0 Å². The van der Waals surface area contributed by atoms with Gasteiger partial charge in [0.1, 0.15) is 10.5 Å². The SMILES string of the molecule is Clc1cccc2sc(C(Cl)Cl)nc12. The zero-order chi connectivity index (χ0) is 9.42. The molecule has 0 fully saturated rings. The van der Waals surface area contributed by atoms with Crippen molar-refractivity contribution in [2.75, 3.05) is 0 Å². The third kappa shape index (κ3) is 1.77. The maximum atomic E-state index is 5.93. The number of thiazole rings is 1. The van der Waals surface area contributed by atoms with Crippen LogP contribution in [-0.2, 0) is 0 Å². The topological polar surface area (TPSA) is 12.9 Å². The highest BCUT2D eigenvalue weighted by Gasteiger charge is 2.11. The fourth-order valence-corrected chi connectivity index (χ4v) is 2.51. The molecule has 1 aromatic heterocycles. The van der Waals surface area contributed by atoms with E-state index in [-0.39, 0.29) is 0 Å². The summed E-state index contributed by atoms with van der Waals surface area (Å²) < 4.78 is 1.01. The normalized spacial score (nSPS) is 11.4. The second-order valence-electron chi connectivity index (χ2n) is 2.44. The van der Waals surface area contributed by atoms with Crippen LogP contribution in [0.5, 0.6) is 0 Å². The Balaban J connectivity index is 2.68. The van der Waals surface area contributed by atoms with Crippen molar-refractivity contribution < 1.29 is 0 Å². The van der Waals surface area contributed by atoms with Crippen molar-refractivity contribution in [2.24, 2.45) is 0 Å². The van der Waals surface area contributed by atoms with Crippen LogP contribution in [0.3, 0.4) is 0 Å². The van der Waals surface area contributed by atoms with Crippen LogP contribution in [-0.4, -0.2) is 4.98 Å². The van der Waals surface area contributed by atoms with Crippen molar-refractivity contribution in [3.63, 3.8) is 0 Å². The lowest BCUT2D eigenvalue weighted by Gasteiger charge is -1.90. The van der Waals surface area contributed by atoms with Gasteiger partial charge in [0.25, 0.3) is 0 Å². The predicted octanol–water partition coefficient (Wildman–Crippen LogP) is 4.43. The van der Waals surface area contributed by atoms with Crippen LogP contribution in [0, 0.1) is 0 Å². The quantitative estimate of drug-likeness (QED) is 0.684. The maximum absolute atomic E-state index is 5.93. The first kappa shape index (κ1) is 9.53. The van der Waals surface area contributed by atoms with Gasteiger partial charge in [0.2, 0.25) is 0 Å². The number of benzene rings is 1. The van der Waals surface area contributed by atoms with E-state index in [9.17, 15) is 0 Å². The molecule has 2 aromatic rings. The summed E-state index contributed by atoms with van der Waals surface area (Å²) in [6, 6.07) is 5.62. The summed E-state index contributed by atoms with van der Waals surface area (Å²) >= 11 is 18.8. The van der Waals surface area contributed by atoms with Gasteiger partial charge in [0, 0.05) is 0 Å². The molecule has 0 unspecified atom stereocenters. The molecule has 0 aliphatic carbocycles. The lowest BCUT2D eigenvalue weighted by atomic mass is 10.3. The van der Waals surface area contributed by atoms with E-state index in [1.54, 1.807) is 6.07 Å². The van der Waals surface area contributed by atoms with E-state index < -0.39 is 4.84 Å². The van der Waals surface area contributed by atoms with Gasteiger partial charge in [-0.15, -0.1) is 11.3 Å². The van der Waals surface area contributed by atoms with Gasteiger partial charge in [-0.2, -0.15) is 0 Å². The highest BCUT2D eigenvalue weighted by molar-refractivity contribution is 7.19. The molecule has 0 spiro atoms. The van der Waals surface area contributed by atoms with Crippen LogP contribution in [0.25, 0.3) is 10.2 Å². The summed E-state index contributed by atoms with van der Waals surface area (Å²) in [6.45, 7) is 0. The Morgan fingerprint density at radius 3 is 2.69 bits per heavy atom. The molecule has 13 heavy (non-hydrogen) atoms. The minimum atomic E-state index is -0.575. The lowest BCUT2D eigenvalue weighted by Crippen LogP contribution is -1.77. The van der Waals surface area contributed by atoms with Crippen LogP contribution in [0.15, 0.2) is 18.2 Å². The fraction of sp³-hybridized carbons (Fsp3) is 0.125. The number of fused-ring (bicyclic) bond motifs is 1. The molecule has 0 aliphatic rings. The molecule has 68 valence electrons. The second kappa shape index (κ2) is 3.62. The van der Waals surface area contributed by atoms with Crippen molar-refractivity contribution in [1.29, 1.82) is 0 Å². The zero-order valence-corrected chi connectivity index (χ0v) is 9.38. The third-order valence-electron chi connectivity index (χ3n) is 1.57. The number of hydrogen-bond acceptors (Lipinski definition) is 2. The van der Waals surface area contributed by atoms with Crippen molar-refractivity contribution >= 4 is 56.4 Å². The van der Waals surface area contributed by atoms with Crippen LogP contribution in [0.1, 0.15) is 9.84 Å². The summed E-state index contributed by atoms with van der Waals surface area (Å²) in [6.07, 6.45) is 0. The van der Waals surface area contributed by atoms with E-state index >= 15 is 0 Å². The first-order valence-electron chi connectivity index (χ1n) is 3.51. The molecule has 5 heteroatoms. The van der Waals surface area contributed by atoms with Gasteiger partial charge >= 0.3 is 0 Å².